The van der Waals surface area contributed by atoms with Crippen molar-refractivity contribution in [1.29, 1.82) is 0 Å². The molecule has 0 atom stereocenters. The van der Waals surface area contributed by atoms with Gasteiger partial charge in [-0.25, -0.2) is 0 Å². The number of carbonyl (C=O) groups is 1. The molecule has 1 heterocycles. The van der Waals surface area contributed by atoms with Crippen LogP contribution in [-0.2, 0) is 11.8 Å². The number of anilines is 1. The summed E-state index contributed by atoms with van der Waals surface area (Å²) in [6, 6.07) is 9.64. The third kappa shape index (κ3) is 2.08. The average Bonchev–Trinajstić information content (AvgIpc) is 2.60. The Morgan fingerprint density at radius 1 is 1.38 bits per heavy atom. The molecule has 1 aromatic heterocycles. The lowest BCUT2D eigenvalue weighted by molar-refractivity contribution is -0.731. The Labute approximate surface area is 93.3 Å². The lowest BCUT2D eigenvalue weighted by Crippen LogP contribution is -2.30. The summed E-state index contributed by atoms with van der Waals surface area (Å²) in [7, 11) is 1.81. The van der Waals surface area contributed by atoms with Crippen molar-refractivity contribution in [3.05, 3.63) is 36.5 Å². The maximum Gasteiger partial charge on any atom is 0.270 e. The summed E-state index contributed by atoms with van der Waals surface area (Å²) in [5.74, 6) is 0.541. The molecule has 1 amide bonds. The van der Waals surface area contributed by atoms with Gasteiger partial charge in [-0.2, -0.15) is 0 Å². The topological polar surface area (TPSA) is 50.8 Å². The fourth-order valence-corrected chi connectivity index (χ4v) is 1.47. The minimum absolute atomic E-state index is 0.113. The van der Waals surface area contributed by atoms with Crippen LogP contribution in [0.4, 0.5) is 5.82 Å². The van der Waals surface area contributed by atoms with Gasteiger partial charge in [0.2, 0.25) is 5.91 Å². The molecule has 1 aromatic carbocycles. The summed E-state index contributed by atoms with van der Waals surface area (Å²) in [6.07, 6.45) is 1.76. The molecule has 2 aromatic rings. The molecule has 0 saturated heterocycles. The van der Waals surface area contributed by atoms with Crippen LogP contribution in [0.3, 0.4) is 0 Å². The van der Waals surface area contributed by atoms with E-state index in [1.165, 1.54) is 6.92 Å². The molecule has 82 valence electrons. The largest absolute Gasteiger partial charge is 0.288 e. The van der Waals surface area contributed by atoms with Crippen molar-refractivity contribution in [2.75, 3.05) is 5.32 Å². The number of aromatic nitrogens is 3. The van der Waals surface area contributed by atoms with E-state index < -0.39 is 0 Å². The second kappa shape index (κ2) is 4.14. The van der Waals surface area contributed by atoms with Crippen molar-refractivity contribution < 1.29 is 9.48 Å². The normalized spacial score (nSPS) is 10.1. The van der Waals surface area contributed by atoms with Crippen LogP contribution in [-0.4, -0.2) is 15.8 Å². The van der Waals surface area contributed by atoms with E-state index in [9.17, 15) is 4.79 Å². The first kappa shape index (κ1) is 10.4. The van der Waals surface area contributed by atoms with Crippen LogP contribution in [0.15, 0.2) is 36.5 Å². The standard InChI is InChI=1S/C11H12N4O/c1-9(16)12-11-8-14(2)13-15(11)10-6-4-3-5-7-10/h3-8H,1-2H3/p+1. The van der Waals surface area contributed by atoms with Gasteiger partial charge in [-0.15, -0.1) is 4.68 Å². The molecule has 0 unspecified atom stereocenters. The highest BCUT2D eigenvalue weighted by Gasteiger charge is 2.16. The van der Waals surface area contributed by atoms with Gasteiger partial charge >= 0.3 is 0 Å². The van der Waals surface area contributed by atoms with Gasteiger partial charge in [-0.05, 0) is 12.1 Å². The number of amides is 1. The van der Waals surface area contributed by atoms with E-state index in [0.29, 0.717) is 5.82 Å². The van der Waals surface area contributed by atoms with Crippen molar-refractivity contribution in [2.45, 2.75) is 6.92 Å². The molecule has 0 radical (unpaired) electrons. The van der Waals surface area contributed by atoms with E-state index in [2.05, 4.69) is 10.5 Å². The van der Waals surface area contributed by atoms with Gasteiger partial charge in [0, 0.05) is 6.92 Å². The SMILES string of the molecule is CC(=O)Nc1c[n+](C)nn1-c1ccccc1. The summed E-state index contributed by atoms with van der Waals surface area (Å²) in [5, 5.41) is 6.99. The number of rotatable bonds is 2. The average molecular weight is 217 g/mol. The van der Waals surface area contributed by atoms with Crippen LogP contribution in [0.1, 0.15) is 6.92 Å². The molecule has 0 aliphatic carbocycles. The summed E-state index contributed by atoms with van der Waals surface area (Å²) < 4.78 is 3.33. The lowest BCUT2D eigenvalue weighted by Gasteiger charge is -1.97. The highest BCUT2D eigenvalue weighted by molar-refractivity contribution is 5.87. The first-order chi connectivity index (χ1) is 7.66. The summed E-state index contributed by atoms with van der Waals surface area (Å²) in [5.41, 5.74) is 0.909. The molecule has 0 bridgehead atoms. The fourth-order valence-electron chi connectivity index (χ4n) is 1.47. The van der Waals surface area contributed by atoms with E-state index in [4.69, 9.17) is 0 Å². The number of nitrogens with zero attached hydrogens (tertiary/aromatic N) is 3. The summed E-state index contributed by atoms with van der Waals surface area (Å²) in [4.78, 5) is 11.0. The second-order valence-corrected chi connectivity index (χ2v) is 3.51. The van der Waals surface area contributed by atoms with E-state index >= 15 is 0 Å². The first-order valence-corrected chi connectivity index (χ1v) is 4.96. The number of aryl methyl sites for hydroxylation is 1. The molecule has 0 fully saturated rings. The van der Waals surface area contributed by atoms with Gasteiger partial charge < -0.3 is 0 Å². The summed E-state index contributed by atoms with van der Waals surface area (Å²) in [6.45, 7) is 1.47. The number of hydrogen-bond donors (Lipinski definition) is 1. The smallest absolute Gasteiger partial charge is 0.270 e. The fraction of sp³-hybridized carbons (Fsp3) is 0.182. The zero-order chi connectivity index (χ0) is 11.5. The van der Waals surface area contributed by atoms with Crippen molar-refractivity contribution >= 4 is 11.7 Å². The maximum atomic E-state index is 11.0. The highest BCUT2D eigenvalue weighted by Crippen LogP contribution is 2.11. The van der Waals surface area contributed by atoms with Gasteiger partial charge in [0.1, 0.15) is 7.05 Å². The van der Waals surface area contributed by atoms with Gasteiger partial charge in [-0.3, -0.25) is 10.1 Å². The Bertz CT molecular complexity index is 504. The van der Waals surface area contributed by atoms with Crippen LogP contribution >= 0.6 is 0 Å². The Balaban J connectivity index is 2.44. The van der Waals surface area contributed by atoms with E-state index in [-0.39, 0.29) is 5.91 Å². The predicted molar refractivity (Wildman–Crippen MR) is 59.0 cm³/mol. The maximum absolute atomic E-state index is 11.0. The van der Waals surface area contributed by atoms with Crippen LogP contribution in [0, 0.1) is 0 Å². The van der Waals surface area contributed by atoms with Gasteiger partial charge in [0.05, 0.1) is 5.21 Å². The molecule has 0 saturated carbocycles. The van der Waals surface area contributed by atoms with Crippen LogP contribution < -0.4 is 10.00 Å². The molecule has 5 heteroatoms. The Morgan fingerprint density at radius 3 is 2.69 bits per heavy atom. The Morgan fingerprint density at radius 2 is 2.06 bits per heavy atom. The molecular formula is C11H13N4O+. The molecule has 0 aliphatic rings. The van der Waals surface area contributed by atoms with E-state index in [1.807, 2.05) is 37.4 Å². The van der Waals surface area contributed by atoms with Crippen LogP contribution in [0.5, 0.6) is 0 Å². The molecule has 0 spiro atoms. The third-order valence-corrected chi connectivity index (χ3v) is 2.07. The van der Waals surface area contributed by atoms with Crippen molar-refractivity contribution in [2.24, 2.45) is 7.05 Å². The zero-order valence-electron chi connectivity index (χ0n) is 9.21. The lowest BCUT2D eigenvalue weighted by atomic mass is 10.3. The number of nitrogens with one attached hydrogen (secondary N) is 1. The Hall–Kier alpha value is -2.17. The van der Waals surface area contributed by atoms with Gasteiger partial charge in [0.25, 0.3) is 5.82 Å². The summed E-state index contributed by atoms with van der Waals surface area (Å²) >= 11 is 0. The van der Waals surface area contributed by atoms with Gasteiger partial charge in [-0.1, -0.05) is 22.9 Å². The molecule has 2 rings (SSSR count). The minimum Gasteiger partial charge on any atom is -0.288 e. The second-order valence-electron chi connectivity index (χ2n) is 3.51. The molecule has 1 N–H and O–H groups in total. The van der Waals surface area contributed by atoms with Crippen molar-refractivity contribution in [1.82, 2.24) is 9.90 Å². The number of carbonyl (C=O) groups excluding carboxylic acids is 1. The van der Waals surface area contributed by atoms with Crippen LogP contribution in [0.2, 0.25) is 0 Å². The quantitative estimate of drug-likeness (QED) is 0.751. The van der Waals surface area contributed by atoms with Gasteiger partial charge in [0.15, 0.2) is 11.9 Å². The van der Waals surface area contributed by atoms with Crippen molar-refractivity contribution in [3.8, 4) is 5.69 Å². The highest BCUT2D eigenvalue weighted by atomic mass is 16.1. The number of benzene rings is 1. The minimum atomic E-state index is -0.113. The molecule has 5 nitrogen and oxygen atoms in total. The molecular weight excluding hydrogens is 204 g/mol. The Kier molecular flexibility index (Phi) is 2.68. The monoisotopic (exact) mass is 217 g/mol. The molecule has 0 aliphatic heterocycles. The third-order valence-electron chi connectivity index (χ3n) is 2.07. The number of para-hydroxylation sites is 1. The first-order valence-electron chi connectivity index (χ1n) is 4.96. The van der Waals surface area contributed by atoms with Crippen LogP contribution in [0.25, 0.3) is 5.69 Å². The predicted octanol–water partition coefficient (Wildman–Crippen LogP) is 0.655. The molecule has 16 heavy (non-hydrogen) atoms. The van der Waals surface area contributed by atoms with E-state index in [0.717, 1.165) is 5.69 Å². The van der Waals surface area contributed by atoms with Crippen molar-refractivity contribution in [3.63, 3.8) is 0 Å². The van der Waals surface area contributed by atoms with E-state index in [1.54, 1.807) is 15.6 Å². The number of hydrogen-bond acceptors (Lipinski definition) is 2. The zero-order valence-corrected chi connectivity index (χ0v) is 9.21.